The number of anilines is 1. The van der Waals surface area contributed by atoms with Gasteiger partial charge < -0.3 is 19.9 Å². The van der Waals surface area contributed by atoms with E-state index >= 15 is 0 Å². The Balaban J connectivity index is 1.90. The second kappa shape index (κ2) is 8.20. The van der Waals surface area contributed by atoms with Gasteiger partial charge in [-0.2, -0.15) is 0 Å². The van der Waals surface area contributed by atoms with Crippen molar-refractivity contribution in [2.45, 2.75) is 19.3 Å². The summed E-state index contributed by atoms with van der Waals surface area (Å²) >= 11 is 1.21. The fourth-order valence-corrected chi connectivity index (χ4v) is 5.01. The Labute approximate surface area is 178 Å². The molecule has 154 valence electrons. The zero-order valence-electron chi connectivity index (χ0n) is 16.6. The molecule has 1 aliphatic heterocycles. The van der Waals surface area contributed by atoms with Gasteiger partial charge in [-0.05, 0) is 30.7 Å². The van der Waals surface area contributed by atoms with Crippen LogP contribution >= 0.6 is 11.3 Å². The third kappa shape index (κ3) is 3.52. The standard InChI is InChI=1S/C23H21NO5S/c1-3-29-17-7-5-4-6-15(17)16-12-18(25)24-20-19(22(23(26)27)30-21(16)20)13-8-10-14(28-2)11-9-13/h4-11,16H,3,12H2,1-2H3,(H,24,25)(H,26,27)/t16-/m0/s1. The highest BCUT2D eigenvalue weighted by molar-refractivity contribution is 7.15. The number of fused-ring (bicyclic) bond motifs is 1. The maximum Gasteiger partial charge on any atom is 0.346 e. The van der Waals surface area contributed by atoms with E-state index in [1.807, 2.05) is 31.2 Å². The molecule has 0 fully saturated rings. The van der Waals surface area contributed by atoms with Crippen LogP contribution in [-0.4, -0.2) is 30.7 Å². The molecule has 1 aliphatic rings. The van der Waals surface area contributed by atoms with Gasteiger partial charge >= 0.3 is 5.97 Å². The van der Waals surface area contributed by atoms with Crippen molar-refractivity contribution in [1.29, 1.82) is 0 Å². The maximum atomic E-state index is 12.6. The zero-order chi connectivity index (χ0) is 21.3. The second-order valence-electron chi connectivity index (χ2n) is 6.85. The summed E-state index contributed by atoms with van der Waals surface area (Å²) in [5.41, 5.74) is 2.69. The van der Waals surface area contributed by atoms with Gasteiger partial charge in [0.15, 0.2) is 0 Å². The number of carboxylic acid groups (broad SMARTS) is 1. The summed E-state index contributed by atoms with van der Waals surface area (Å²) in [5, 5.41) is 12.8. The molecule has 0 radical (unpaired) electrons. The van der Waals surface area contributed by atoms with Crippen molar-refractivity contribution in [3.8, 4) is 22.6 Å². The van der Waals surface area contributed by atoms with Crippen molar-refractivity contribution in [3.05, 3.63) is 63.8 Å². The average Bonchev–Trinajstić information content (AvgIpc) is 3.13. The number of amides is 1. The summed E-state index contributed by atoms with van der Waals surface area (Å²) in [6.45, 7) is 2.41. The van der Waals surface area contributed by atoms with Crippen molar-refractivity contribution >= 4 is 28.9 Å². The number of ether oxygens (including phenoxy) is 2. The number of carbonyl (C=O) groups excluding carboxylic acids is 1. The van der Waals surface area contributed by atoms with Crippen LogP contribution in [0.5, 0.6) is 11.5 Å². The number of benzene rings is 2. The van der Waals surface area contributed by atoms with E-state index in [1.54, 1.807) is 31.4 Å². The molecule has 0 bridgehead atoms. The van der Waals surface area contributed by atoms with Crippen LogP contribution in [0.1, 0.15) is 39.4 Å². The lowest BCUT2D eigenvalue weighted by Crippen LogP contribution is -2.22. The van der Waals surface area contributed by atoms with Crippen molar-refractivity contribution in [2.24, 2.45) is 0 Å². The van der Waals surface area contributed by atoms with Crippen molar-refractivity contribution < 1.29 is 24.2 Å². The van der Waals surface area contributed by atoms with Crippen LogP contribution in [0.15, 0.2) is 48.5 Å². The highest BCUT2D eigenvalue weighted by Crippen LogP contribution is 2.50. The molecule has 1 aromatic heterocycles. The molecule has 1 amide bonds. The molecule has 2 aromatic carbocycles. The van der Waals surface area contributed by atoms with Gasteiger partial charge in [0.2, 0.25) is 5.91 Å². The Morgan fingerprint density at radius 1 is 1.20 bits per heavy atom. The summed E-state index contributed by atoms with van der Waals surface area (Å²) in [6, 6.07) is 14.8. The van der Waals surface area contributed by atoms with E-state index in [-0.39, 0.29) is 23.1 Å². The van der Waals surface area contributed by atoms with E-state index in [4.69, 9.17) is 9.47 Å². The first-order valence-electron chi connectivity index (χ1n) is 9.59. The lowest BCUT2D eigenvalue weighted by molar-refractivity contribution is -0.116. The predicted octanol–water partition coefficient (Wildman–Crippen LogP) is 4.99. The third-order valence-electron chi connectivity index (χ3n) is 5.07. The molecule has 3 aromatic rings. The van der Waals surface area contributed by atoms with E-state index in [0.717, 1.165) is 10.4 Å². The van der Waals surface area contributed by atoms with Gasteiger partial charge in [0.05, 0.1) is 19.4 Å². The molecule has 2 heterocycles. The Bertz CT molecular complexity index is 1100. The highest BCUT2D eigenvalue weighted by atomic mass is 32.1. The molecule has 0 saturated heterocycles. The fourth-order valence-electron chi connectivity index (χ4n) is 3.78. The molecule has 0 spiro atoms. The number of hydrogen-bond acceptors (Lipinski definition) is 5. The molecule has 2 N–H and O–H groups in total. The molecule has 0 unspecified atom stereocenters. The molecule has 30 heavy (non-hydrogen) atoms. The molecule has 0 saturated carbocycles. The van der Waals surface area contributed by atoms with E-state index in [2.05, 4.69) is 5.32 Å². The number of hydrogen-bond donors (Lipinski definition) is 2. The number of methoxy groups -OCH3 is 1. The van der Waals surface area contributed by atoms with Gasteiger partial charge in [-0.1, -0.05) is 30.3 Å². The number of nitrogens with one attached hydrogen (secondary N) is 1. The van der Waals surface area contributed by atoms with Gasteiger partial charge in [0, 0.05) is 28.3 Å². The predicted molar refractivity (Wildman–Crippen MR) is 116 cm³/mol. The highest BCUT2D eigenvalue weighted by Gasteiger charge is 2.35. The van der Waals surface area contributed by atoms with Gasteiger partial charge in [-0.25, -0.2) is 4.79 Å². The Morgan fingerprint density at radius 2 is 1.93 bits per heavy atom. The van der Waals surface area contributed by atoms with Gasteiger partial charge in [0.1, 0.15) is 16.4 Å². The zero-order valence-corrected chi connectivity index (χ0v) is 17.4. The smallest absolute Gasteiger partial charge is 0.346 e. The summed E-state index contributed by atoms with van der Waals surface area (Å²) in [5.74, 6) is -0.0598. The molecule has 1 atom stereocenters. The SMILES string of the molecule is CCOc1ccccc1[C@@H]1CC(=O)Nc2c1sc(C(=O)O)c2-c1ccc(OC)cc1. The van der Waals surface area contributed by atoms with Gasteiger partial charge in [0.25, 0.3) is 0 Å². The number of thiophene rings is 1. The first-order chi connectivity index (χ1) is 14.5. The van der Waals surface area contributed by atoms with Crippen LogP contribution in [0.4, 0.5) is 5.69 Å². The lowest BCUT2D eigenvalue weighted by Gasteiger charge is -2.25. The number of carboxylic acids is 1. The molecule has 7 heteroatoms. The Kier molecular flexibility index (Phi) is 5.46. The van der Waals surface area contributed by atoms with Gasteiger partial charge in [-0.15, -0.1) is 11.3 Å². The quantitative estimate of drug-likeness (QED) is 0.583. The number of para-hydroxylation sites is 1. The van der Waals surface area contributed by atoms with Crippen LogP contribution in [-0.2, 0) is 4.79 Å². The summed E-state index contributed by atoms with van der Waals surface area (Å²) in [7, 11) is 1.57. The summed E-state index contributed by atoms with van der Waals surface area (Å²) in [4.78, 5) is 25.7. The first kappa shape index (κ1) is 20.0. The lowest BCUT2D eigenvalue weighted by atomic mass is 9.88. The summed E-state index contributed by atoms with van der Waals surface area (Å²) < 4.78 is 11.0. The number of rotatable bonds is 6. The monoisotopic (exact) mass is 423 g/mol. The first-order valence-corrected chi connectivity index (χ1v) is 10.4. The summed E-state index contributed by atoms with van der Waals surface area (Å²) in [6.07, 6.45) is 0.235. The van der Waals surface area contributed by atoms with E-state index in [1.165, 1.54) is 11.3 Å². The van der Waals surface area contributed by atoms with Crippen LogP contribution in [0.25, 0.3) is 11.1 Å². The second-order valence-corrected chi connectivity index (χ2v) is 7.91. The largest absolute Gasteiger partial charge is 0.497 e. The van der Waals surface area contributed by atoms with Crippen LogP contribution in [0, 0.1) is 0 Å². The minimum Gasteiger partial charge on any atom is -0.497 e. The van der Waals surface area contributed by atoms with Crippen molar-refractivity contribution in [3.63, 3.8) is 0 Å². The minimum atomic E-state index is -1.02. The Morgan fingerprint density at radius 3 is 2.60 bits per heavy atom. The molecule has 4 rings (SSSR count). The molecule has 0 aliphatic carbocycles. The molecule has 6 nitrogen and oxygen atoms in total. The van der Waals surface area contributed by atoms with Crippen LogP contribution in [0.3, 0.4) is 0 Å². The molecular formula is C23H21NO5S. The average molecular weight is 423 g/mol. The Hall–Kier alpha value is -3.32. The van der Waals surface area contributed by atoms with E-state index < -0.39 is 5.97 Å². The van der Waals surface area contributed by atoms with Crippen molar-refractivity contribution in [1.82, 2.24) is 0 Å². The van der Waals surface area contributed by atoms with Gasteiger partial charge in [-0.3, -0.25) is 4.79 Å². The fraction of sp³-hybridized carbons (Fsp3) is 0.217. The normalized spacial score (nSPS) is 15.3. The topological polar surface area (TPSA) is 84.9 Å². The molecular weight excluding hydrogens is 402 g/mol. The van der Waals surface area contributed by atoms with E-state index in [9.17, 15) is 14.7 Å². The van der Waals surface area contributed by atoms with Crippen molar-refractivity contribution in [2.75, 3.05) is 19.0 Å². The van der Waals surface area contributed by atoms with E-state index in [0.29, 0.717) is 34.9 Å². The number of aromatic carboxylic acids is 1. The minimum absolute atomic E-state index is 0.150. The number of carbonyl (C=O) groups is 2. The van der Waals surface area contributed by atoms with Crippen LogP contribution in [0.2, 0.25) is 0 Å². The van der Waals surface area contributed by atoms with Crippen LogP contribution < -0.4 is 14.8 Å². The maximum absolute atomic E-state index is 12.6. The third-order valence-corrected chi connectivity index (χ3v) is 6.36.